The van der Waals surface area contributed by atoms with E-state index in [1.807, 2.05) is 12.4 Å². The molecule has 6 aromatic heterocycles. The van der Waals surface area contributed by atoms with Crippen LogP contribution >= 0.6 is 0 Å². The van der Waals surface area contributed by atoms with Crippen LogP contribution in [0.1, 0.15) is 0 Å². The minimum atomic E-state index is 0.846. The largest absolute Gasteiger partial charge is 0.309 e. The molecule has 0 N–H and O–H groups in total. The molecule has 0 saturated heterocycles. The van der Waals surface area contributed by atoms with Gasteiger partial charge in [-0.1, -0.05) is 291 Å². The number of aromatic nitrogens is 8. The molecule has 0 aliphatic heterocycles. The average Bonchev–Trinajstić information content (AvgIpc) is 1.37. The van der Waals surface area contributed by atoms with Crippen molar-refractivity contribution < 1.29 is 0 Å². The summed E-state index contributed by atoms with van der Waals surface area (Å²) in [5.74, 6) is 0. The van der Waals surface area contributed by atoms with Crippen molar-refractivity contribution >= 4 is 152 Å². The number of rotatable bonds is 10. The summed E-state index contributed by atoms with van der Waals surface area (Å²) in [5, 5.41) is 19.0. The predicted octanol–water partition coefficient (Wildman–Crippen LogP) is 30.3. The third kappa shape index (κ3) is 11.4. The predicted molar refractivity (Wildman–Crippen MR) is 519 cm³/mol. The zero-order valence-corrected chi connectivity index (χ0v) is 67.1. The first kappa shape index (κ1) is 70.3. The summed E-state index contributed by atoms with van der Waals surface area (Å²) in [7, 11) is 0. The van der Waals surface area contributed by atoms with Crippen LogP contribution in [0.25, 0.3) is 242 Å². The number of fused-ring (bicyclic) bond motifs is 24. The molecule has 26 rings (SSSR count). The maximum Gasteiger partial charge on any atom is 0.0979 e. The summed E-state index contributed by atoms with van der Waals surface area (Å²) >= 11 is 0. The van der Waals surface area contributed by atoms with Gasteiger partial charge in [0, 0.05) is 98.5 Å². The van der Waals surface area contributed by atoms with Gasteiger partial charge >= 0.3 is 0 Å². The van der Waals surface area contributed by atoms with Gasteiger partial charge in [-0.2, -0.15) is 0 Å². The second-order valence-electron chi connectivity index (χ2n) is 32.4. The molecule has 124 heavy (non-hydrogen) atoms. The van der Waals surface area contributed by atoms with Gasteiger partial charge in [-0.15, -0.1) is 0 Å². The van der Waals surface area contributed by atoms with E-state index in [1.54, 1.807) is 0 Å². The molecule has 576 valence electrons. The van der Waals surface area contributed by atoms with Crippen LogP contribution in [0.15, 0.2) is 437 Å². The molecule has 0 atom stereocenters. The van der Waals surface area contributed by atoms with E-state index in [0.717, 1.165) is 111 Å². The van der Waals surface area contributed by atoms with Gasteiger partial charge in [-0.05, 0) is 200 Å². The summed E-state index contributed by atoms with van der Waals surface area (Å²) in [4.78, 5) is 20.8. The lowest BCUT2D eigenvalue weighted by atomic mass is 9.99. The molecule has 0 aliphatic rings. The Balaban J connectivity index is 0.000000136. The number of hydrogen-bond acceptors (Lipinski definition) is 4. The number of benzene rings is 20. The summed E-state index contributed by atoms with van der Waals surface area (Å²) in [6, 6.07) is 153. The Bertz CT molecular complexity index is 8790. The van der Waals surface area contributed by atoms with Crippen molar-refractivity contribution in [3.63, 3.8) is 0 Å². The molecule has 0 amide bonds. The topological polar surface area (TPSA) is 71.3 Å². The van der Waals surface area contributed by atoms with Gasteiger partial charge < -0.3 is 18.3 Å². The fourth-order valence-corrected chi connectivity index (χ4v) is 19.7. The van der Waals surface area contributed by atoms with Crippen molar-refractivity contribution in [2.45, 2.75) is 0 Å². The van der Waals surface area contributed by atoms with E-state index in [2.05, 4.69) is 443 Å². The third-order valence-corrected chi connectivity index (χ3v) is 25.4. The number of nitrogens with zero attached hydrogens (tertiary/aromatic N) is 8. The fraction of sp³-hybridized carbons (Fsp3) is 0. The highest BCUT2D eigenvalue weighted by atomic mass is 15.0. The number of hydrogen-bond donors (Lipinski definition) is 0. The molecule has 0 fully saturated rings. The van der Waals surface area contributed by atoms with Crippen molar-refractivity contribution in [1.82, 2.24) is 38.2 Å². The first-order valence-electron chi connectivity index (χ1n) is 42.3. The molecule has 8 nitrogen and oxygen atoms in total. The molecule has 0 saturated carbocycles. The van der Waals surface area contributed by atoms with Gasteiger partial charge in [-0.25, -0.2) is 9.97 Å². The van der Waals surface area contributed by atoms with Gasteiger partial charge in [0.2, 0.25) is 0 Å². The van der Waals surface area contributed by atoms with Crippen molar-refractivity contribution in [3.8, 4) is 89.8 Å². The van der Waals surface area contributed by atoms with E-state index in [-0.39, 0.29) is 0 Å². The summed E-state index contributed by atoms with van der Waals surface area (Å²) in [5.41, 5.74) is 30.9. The van der Waals surface area contributed by atoms with Gasteiger partial charge in [-0.3, -0.25) is 9.97 Å². The molecule has 8 heteroatoms. The van der Waals surface area contributed by atoms with Gasteiger partial charge in [0.15, 0.2) is 0 Å². The van der Waals surface area contributed by atoms with Crippen LogP contribution in [-0.2, 0) is 0 Å². The molecule has 0 radical (unpaired) electrons. The third-order valence-electron chi connectivity index (χ3n) is 25.4. The van der Waals surface area contributed by atoms with E-state index in [1.165, 1.54) is 131 Å². The van der Waals surface area contributed by atoms with E-state index in [4.69, 9.17) is 19.9 Å². The van der Waals surface area contributed by atoms with E-state index < -0.39 is 0 Å². The molecule has 0 spiro atoms. The normalized spacial score (nSPS) is 11.9. The summed E-state index contributed by atoms with van der Waals surface area (Å²) in [6.07, 6.45) is 3.86. The van der Waals surface area contributed by atoms with Crippen LogP contribution in [0.3, 0.4) is 0 Å². The van der Waals surface area contributed by atoms with E-state index >= 15 is 0 Å². The highest BCUT2D eigenvalue weighted by molar-refractivity contribution is 6.25. The summed E-state index contributed by atoms with van der Waals surface area (Å²) in [6.45, 7) is 0. The number of para-hydroxylation sites is 4. The Hall–Kier alpha value is -16.7. The van der Waals surface area contributed by atoms with Crippen LogP contribution < -0.4 is 0 Å². The Kier molecular flexibility index (Phi) is 16.2. The van der Waals surface area contributed by atoms with Gasteiger partial charge in [0.1, 0.15) is 0 Å². The molecule has 0 bridgehead atoms. The van der Waals surface area contributed by atoms with Crippen LogP contribution in [0.4, 0.5) is 0 Å². The maximum atomic E-state index is 5.35. The summed E-state index contributed by atoms with van der Waals surface area (Å²) < 4.78 is 9.55. The van der Waals surface area contributed by atoms with E-state index in [0.29, 0.717) is 0 Å². The minimum Gasteiger partial charge on any atom is -0.309 e. The highest BCUT2D eigenvalue weighted by Gasteiger charge is 2.23. The van der Waals surface area contributed by atoms with Gasteiger partial charge in [0.05, 0.1) is 90.0 Å². The minimum absolute atomic E-state index is 0.846. The second-order valence-corrected chi connectivity index (χ2v) is 32.4. The van der Waals surface area contributed by atoms with Crippen molar-refractivity contribution in [2.24, 2.45) is 0 Å². The smallest absolute Gasteiger partial charge is 0.0979 e. The SMILES string of the molecule is c1ccc(-c2ccc3c(c2)c2cc(-c4ccc5c(c4)c4ccccc4n5-c4cccc(-c5cnc6c7ccccc7c7ccccc7c6n5)c4)ccc2n3-c2ccccc2)cc1.c1ccc(-c2ccc3c(c2)c2cc(-c4ccc5c(c4)c4ccccc4n5-c4ccccc4)ccc2n3-c2cccc(-c3cnc4c5ccccc5c5ccccc5c4n3)c2)cc1. The zero-order chi connectivity index (χ0) is 81.5. The fourth-order valence-electron chi connectivity index (χ4n) is 19.7. The molecule has 20 aromatic carbocycles. The van der Waals surface area contributed by atoms with Crippen molar-refractivity contribution in [3.05, 3.63) is 437 Å². The van der Waals surface area contributed by atoms with Crippen molar-refractivity contribution in [1.29, 1.82) is 0 Å². The lowest BCUT2D eigenvalue weighted by Gasteiger charge is -2.12. The molecular formula is C116H72N8. The lowest BCUT2D eigenvalue weighted by Crippen LogP contribution is -1.96. The Morgan fingerprint density at radius 3 is 0.685 bits per heavy atom. The van der Waals surface area contributed by atoms with Crippen molar-refractivity contribution in [2.75, 3.05) is 0 Å². The lowest BCUT2D eigenvalue weighted by molar-refractivity contribution is 1.18. The molecule has 0 aliphatic carbocycles. The Morgan fingerprint density at radius 2 is 0.363 bits per heavy atom. The average molecular weight is 1580 g/mol. The zero-order valence-electron chi connectivity index (χ0n) is 67.1. The first-order chi connectivity index (χ1) is 61.5. The maximum absolute atomic E-state index is 5.35. The van der Waals surface area contributed by atoms with E-state index in [9.17, 15) is 0 Å². The molecular weight excluding hydrogens is 1510 g/mol. The standard InChI is InChI=1S/2C58H36N4/c1-3-14-37(15-4-1)38-26-29-55-50(33-38)51-35-40(28-31-56(51)61(55)42-17-5-2-6-18-42)39-27-30-54-49(34-39)46-22-11-12-25-53(46)62(54)43-19-13-16-41(32-43)52-36-59-57-47-23-9-7-20-44(47)45-21-8-10-24-48(45)58(57)60-52;1-3-14-37(15-4-1)38-26-29-55-50(33-38)51-35-40(39-27-30-54-49(34-39)46-22-11-12-25-53(46)61(54)42-17-5-2-6-18-42)28-31-56(51)62(55)43-19-13-16-41(32-43)52-36-59-57-47-23-9-7-20-44(47)45-21-8-10-24-48(45)58(57)60-52/h2*1-36H. The molecule has 6 heterocycles. The van der Waals surface area contributed by atoms with Crippen LogP contribution in [0, 0.1) is 0 Å². The first-order valence-corrected chi connectivity index (χ1v) is 42.3. The van der Waals surface area contributed by atoms with Crippen LogP contribution in [0.2, 0.25) is 0 Å². The van der Waals surface area contributed by atoms with Gasteiger partial charge in [0.25, 0.3) is 0 Å². The van der Waals surface area contributed by atoms with Crippen LogP contribution in [-0.4, -0.2) is 38.2 Å². The Morgan fingerprint density at radius 1 is 0.137 bits per heavy atom. The molecule has 0 unspecified atom stereocenters. The van der Waals surface area contributed by atoms with Crippen LogP contribution in [0.5, 0.6) is 0 Å². The Labute approximate surface area is 712 Å². The second kappa shape index (κ2) is 28.5. The quantitative estimate of drug-likeness (QED) is 0.128. The monoisotopic (exact) mass is 1580 g/mol. The molecule has 26 aromatic rings. The highest BCUT2D eigenvalue weighted by Crippen LogP contribution is 2.45.